The minimum atomic E-state index is -1.68. The molecule has 1 aromatic rings. The molecule has 49 heavy (non-hydrogen) atoms. The molecule has 0 fully saturated rings. The van der Waals surface area contributed by atoms with Gasteiger partial charge in [0, 0.05) is 36.0 Å². The molecule has 11 nitrogen and oxygen atoms in total. The van der Waals surface area contributed by atoms with E-state index in [1.54, 1.807) is 13.0 Å². The first-order valence-electron chi connectivity index (χ1n) is 17.3. The Balaban J connectivity index is 2.77. The Kier molecular flexibility index (Phi) is 18.7. The summed E-state index contributed by atoms with van der Waals surface area (Å²) in [6, 6.07) is 9.72. The number of rotatable bonds is 22. The highest BCUT2D eigenvalue weighted by molar-refractivity contribution is 5.71. The molecule has 0 spiro atoms. The standard InChI is InChI=1S/C38H63NO10/c1-22(17-24(3)33(42)23(2)15-16-31(40)19-32(41)28(7)38(9,47)29(8)36(44)45)18-25(4)34(43)27(6)35(49-37(39)46)26(5)20-48-21-30-13-11-10-12-14-30/h10-17,23-29,31-35,40-43,47H,18-21H2,1-9H3,(H2,39,46)(H,44,45). The second-order valence-electron chi connectivity index (χ2n) is 14.5. The molecule has 1 amide bonds. The number of amides is 1. The van der Waals surface area contributed by atoms with E-state index in [-0.39, 0.29) is 30.1 Å². The Morgan fingerprint density at radius 3 is 2.04 bits per heavy atom. The van der Waals surface area contributed by atoms with Crippen molar-refractivity contribution in [2.75, 3.05) is 6.61 Å². The average molecular weight is 694 g/mol. The van der Waals surface area contributed by atoms with Gasteiger partial charge >= 0.3 is 12.1 Å². The maximum atomic E-state index is 11.7. The summed E-state index contributed by atoms with van der Waals surface area (Å²) < 4.78 is 11.3. The first-order chi connectivity index (χ1) is 22.7. The highest BCUT2D eigenvalue weighted by Gasteiger charge is 2.42. The fourth-order valence-electron chi connectivity index (χ4n) is 6.32. The molecular weight excluding hydrogens is 630 g/mol. The molecule has 0 aliphatic rings. The van der Waals surface area contributed by atoms with Gasteiger partial charge in [0.05, 0.1) is 49.1 Å². The second-order valence-corrected chi connectivity index (χ2v) is 14.5. The molecule has 0 bridgehead atoms. The minimum absolute atomic E-state index is 0.110. The third kappa shape index (κ3) is 14.5. The third-order valence-electron chi connectivity index (χ3n) is 10.1. The fraction of sp³-hybridized carbons (Fsp3) is 0.684. The summed E-state index contributed by atoms with van der Waals surface area (Å²) in [6.45, 7) is 16.3. The van der Waals surface area contributed by atoms with Gasteiger partial charge in [0.15, 0.2) is 0 Å². The van der Waals surface area contributed by atoms with Gasteiger partial charge in [-0.05, 0) is 38.7 Å². The number of hydrogen-bond acceptors (Lipinski definition) is 9. The number of hydrogen-bond donors (Lipinski definition) is 7. The van der Waals surface area contributed by atoms with Gasteiger partial charge in [-0.15, -0.1) is 0 Å². The van der Waals surface area contributed by atoms with E-state index in [9.17, 15) is 40.2 Å². The molecule has 8 N–H and O–H groups in total. The van der Waals surface area contributed by atoms with Crippen LogP contribution in [-0.2, 0) is 20.9 Å². The van der Waals surface area contributed by atoms with Crippen molar-refractivity contribution in [3.8, 4) is 0 Å². The smallest absolute Gasteiger partial charge is 0.404 e. The predicted octanol–water partition coefficient (Wildman–Crippen LogP) is 4.68. The number of aliphatic hydroxyl groups excluding tert-OH is 4. The van der Waals surface area contributed by atoms with Crippen molar-refractivity contribution >= 4 is 12.1 Å². The van der Waals surface area contributed by atoms with Gasteiger partial charge in [0.25, 0.3) is 0 Å². The molecule has 1 aromatic carbocycles. The van der Waals surface area contributed by atoms with E-state index in [4.69, 9.17) is 15.2 Å². The molecule has 0 aromatic heterocycles. The number of ether oxygens (including phenoxy) is 2. The monoisotopic (exact) mass is 693 g/mol. The van der Waals surface area contributed by atoms with Gasteiger partial charge in [-0.3, -0.25) is 4.79 Å². The zero-order chi connectivity index (χ0) is 37.6. The quantitative estimate of drug-likeness (QED) is 0.0837. The number of carbonyl (C=O) groups is 2. The fourth-order valence-corrected chi connectivity index (χ4v) is 6.32. The Bertz CT molecular complexity index is 1190. The highest BCUT2D eigenvalue weighted by atomic mass is 16.6. The summed E-state index contributed by atoms with van der Waals surface area (Å²) in [5, 5.41) is 63.3. The van der Waals surface area contributed by atoms with Gasteiger partial charge in [-0.2, -0.15) is 0 Å². The summed E-state index contributed by atoms with van der Waals surface area (Å²) >= 11 is 0. The number of aliphatic hydroxyl groups is 5. The highest BCUT2D eigenvalue weighted by Crippen LogP contribution is 2.31. The SMILES string of the molecule is CC(=CC(C)C(O)C(C)C=CC(O)CC(O)C(C)C(C)(O)C(C)C(=O)O)CC(C)C(O)C(C)C(OC(N)=O)C(C)COCc1ccccc1. The van der Waals surface area contributed by atoms with Crippen LogP contribution in [0.3, 0.4) is 0 Å². The molecule has 1 rings (SSSR count). The van der Waals surface area contributed by atoms with Crippen molar-refractivity contribution in [1.82, 2.24) is 0 Å². The van der Waals surface area contributed by atoms with Crippen molar-refractivity contribution < 1.29 is 49.7 Å². The summed E-state index contributed by atoms with van der Waals surface area (Å²) in [4.78, 5) is 23.1. The molecule has 0 aliphatic heterocycles. The summed E-state index contributed by atoms with van der Waals surface area (Å²) in [6.07, 6.45) is 0.127. The third-order valence-corrected chi connectivity index (χ3v) is 10.1. The van der Waals surface area contributed by atoms with Gasteiger partial charge in [-0.25, -0.2) is 4.79 Å². The number of carbonyl (C=O) groups excluding carboxylic acids is 1. The molecule has 0 heterocycles. The molecule has 11 heteroatoms. The van der Waals surface area contributed by atoms with E-state index in [0.717, 1.165) is 11.1 Å². The van der Waals surface area contributed by atoms with E-state index in [2.05, 4.69) is 0 Å². The van der Waals surface area contributed by atoms with Crippen molar-refractivity contribution in [3.05, 3.63) is 59.7 Å². The number of primary amides is 1. The van der Waals surface area contributed by atoms with Crippen LogP contribution in [0.4, 0.5) is 4.79 Å². The maximum Gasteiger partial charge on any atom is 0.404 e. The van der Waals surface area contributed by atoms with E-state index >= 15 is 0 Å². The molecule has 280 valence electrons. The zero-order valence-corrected chi connectivity index (χ0v) is 30.8. The molecule has 0 radical (unpaired) electrons. The summed E-state index contributed by atoms with van der Waals surface area (Å²) in [5.74, 6) is -4.57. The number of benzene rings is 1. The lowest BCUT2D eigenvalue weighted by molar-refractivity contribution is -0.157. The van der Waals surface area contributed by atoms with Crippen LogP contribution in [0.2, 0.25) is 0 Å². The normalized spacial score (nSPS) is 21.2. The number of aliphatic carboxylic acids is 1. The minimum Gasteiger partial charge on any atom is -0.481 e. The Morgan fingerprint density at radius 1 is 0.898 bits per heavy atom. The average Bonchev–Trinajstić information content (AvgIpc) is 3.04. The number of allylic oxidation sites excluding steroid dienone is 1. The molecule has 0 aliphatic carbocycles. The van der Waals surface area contributed by atoms with Crippen molar-refractivity contribution in [3.63, 3.8) is 0 Å². The van der Waals surface area contributed by atoms with Gasteiger partial charge in [-0.1, -0.05) is 95.7 Å². The second kappa shape index (κ2) is 20.8. The van der Waals surface area contributed by atoms with Crippen LogP contribution in [0.15, 0.2) is 54.1 Å². The van der Waals surface area contributed by atoms with Gasteiger partial charge in [0.2, 0.25) is 0 Å². The summed E-state index contributed by atoms with van der Waals surface area (Å²) in [5.41, 5.74) is 5.69. The van der Waals surface area contributed by atoms with Crippen molar-refractivity contribution in [2.24, 2.45) is 47.2 Å². The molecule has 0 saturated carbocycles. The summed E-state index contributed by atoms with van der Waals surface area (Å²) in [7, 11) is 0. The van der Waals surface area contributed by atoms with Crippen molar-refractivity contribution in [1.29, 1.82) is 0 Å². The Hall–Kier alpha value is -2.80. The zero-order valence-electron chi connectivity index (χ0n) is 30.8. The maximum absolute atomic E-state index is 11.7. The van der Waals surface area contributed by atoms with E-state index < -0.39 is 65.9 Å². The van der Waals surface area contributed by atoms with Gasteiger partial charge in [0.1, 0.15) is 6.10 Å². The van der Waals surface area contributed by atoms with E-state index in [1.807, 2.05) is 78.0 Å². The van der Waals surface area contributed by atoms with E-state index in [0.29, 0.717) is 19.6 Å². The Morgan fingerprint density at radius 2 is 1.49 bits per heavy atom. The largest absolute Gasteiger partial charge is 0.481 e. The van der Waals surface area contributed by atoms with Crippen molar-refractivity contribution in [2.45, 2.75) is 118 Å². The number of nitrogens with two attached hydrogens (primary N) is 1. The van der Waals surface area contributed by atoms with Crippen LogP contribution in [-0.4, -0.2) is 85.4 Å². The predicted molar refractivity (Wildman–Crippen MR) is 189 cm³/mol. The van der Waals surface area contributed by atoms with Crippen LogP contribution >= 0.6 is 0 Å². The molecule has 13 unspecified atom stereocenters. The van der Waals surface area contributed by atoms with Crippen LogP contribution in [0, 0.1) is 41.4 Å². The molecule has 13 atom stereocenters. The molecular formula is C38H63NO10. The van der Waals surface area contributed by atoms with Crippen LogP contribution < -0.4 is 5.73 Å². The topological polar surface area (TPSA) is 200 Å². The Labute approximate surface area is 292 Å². The number of carboxylic acids is 1. The lowest BCUT2D eigenvalue weighted by Gasteiger charge is -2.36. The molecule has 0 saturated heterocycles. The first-order valence-corrected chi connectivity index (χ1v) is 17.3. The van der Waals surface area contributed by atoms with Gasteiger partial charge < -0.3 is 45.8 Å². The van der Waals surface area contributed by atoms with E-state index in [1.165, 1.54) is 19.9 Å². The lowest BCUT2D eigenvalue weighted by Crippen LogP contribution is -2.48. The van der Waals surface area contributed by atoms with Crippen LogP contribution in [0.5, 0.6) is 0 Å². The lowest BCUT2D eigenvalue weighted by atomic mass is 9.76. The number of carboxylic acid groups (broad SMARTS) is 1. The van der Waals surface area contributed by atoms with Crippen LogP contribution in [0.1, 0.15) is 80.7 Å². The van der Waals surface area contributed by atoms with Crippen LogP contribution in [0.25, 0.3) is 0 Å². The first kappa shape index (κ1) is 44.2.